The third-order valence-corrected chi connectivity index (χ3v) is 3.75. The number of ether oxygens (including phenoxy) is 2. The fourth-order valence-electron chi connectivity index (χ4n) is 1.96. The summed E-state index contributed by atoms with van der Waals surface area (Å²) < 4.78 is 10.9. The predicted molar refractivity (Wildman–Crippen MR) is 69.9 cm³/mol. The van der Waals surface area contributed by atoms with Gasteiger partial charge in [0.25, 0.3) is 0 Å². The van der Waals surface area contributed by atoms with Gasteiger partial charge in [-0.05, 0) is 36.6 Å². The number of hydrogen-bond acceptors (Lipinski definition) is 4. The zero-order valence-electron chi connectivity index (χ0n) is 9.93. The molecule has 0 atom stereocenters. The van der Waals surface area contributed by atoms with Crippen LogP contribution in [0.15, 0.2) is 29.6 Å². The van der Waals surface area contributed by atoms with E-state index in [-0.39, 0.29) is 5.78 Å². The van der Waals surface area contributed by atoms with Crippen molar-refractivity contribution in [2.45, 2.75) is 6.92 Å². The molecule has 0 aliphatic carbocycles. The second-order valence-electron chi connectivity index (χ2n) is 4.08. The van der Waals surface area contributed by atoms with E-state index in [0.29, 0.717) is 30.3 Å². The van der Waals surface area contributed by atoms with Crippen molar-refractivity contribution in [3.63, 3.8) is 0 Å². The Bertz CT molecular complexity index is 601. The number of carbonyl (C=O) groups excluding carboxylic acids is 1. The van der Waals surface area contributed by atoms with Crippen molar-refractivity contribution < 1.29 is 14.3 Å². The van der Waals surface area contributed by atoms with Gasteiger partial charge in [0.15, 0.2) is 17.3 Å². The number of rotatable bonds is 2. The van der Waals surface area contributed by atoms with Gasteiger partial charge in [0.1, 0.15) is 13.2 Å². The summed E-state index contributed by atoms with van der Waals surface area (Å²) in [6.07, 6.45) is 0. The van der Waals surface area contributed by atoms with E-state index in [1.807, 2.05) is 18.4 Å². The van der Waals surface area contributed by atoms with Crippen LogP contribution in [-0.4, -0.2) is 19.0 Å². The Morgan fingerprint density at radius 2 is 1.94 bits per heavy atom. The molecule has 92 valence electrons. The van der Waals surface area contributed by atoms with Gasteiger partial charge in [-0.25, -0.2) is 0 Å². The highest BCUT2D eigenvalue weighted by atomic mass is 32.1. The number of hydrogen-bond donors (Lipinski definition) is 0. The molecule has 2 aromatic rings. The van der Waals surface area contributed by atoms with Crippen LogP contribution < -0.4 is 9.47 Å². The van der Waals surface area contributed by atoms with E-state index in [2.05, 4.69) is 0 Å². The molecule has 1 aromatic carbocycles. The van der Waals surface area contributed by atoms with E-state index >= 15 is 0 Å². The zero-order chi connectivity index (χ0) is 12.5. The first kappa shape index (κ1) is 11.3. The normalized spacial score (nSPS) is 13.4. The standard InChI is InChI=1S/C14H12O3S/c1-9-11(4-7-18-9)14(15)10-2-3-12-13(8-10)17-6-5-16-12/h2-4,7-8H,5-6H2,1H3. The molecule has 0 radical (unpaired) electrons. The molecule has 0 saturated carbocycles. The van der Waals surface area contributed by atoms with E-state index in [9.17, 15) is 4.79 Å². The molecule has 2 heterocycles. The Labute approximate surface area is 109 Å². The minimum atomic E-state index is 0.0331. The van der Waals surface area contributed by atoms with Crippen LogP contribution in [0.25, 0.3) is 0 Å². The van der Waals surface area contributed by atoms with Gasteiger partial charge in [0.2, 0.25) is 0 Å². The van der Waals surface area contributed by atoms with Gasteiger partial charge in [0, 0.05) is 16.0 Å². The first-order valence-corrected chi connectivity index (χ1v) is 6.62. The number of fused-ring (bicyclic) bond motifs is 1. The van der Waals surface area contributed by atoms with E-state index in [1.165, 1.54) is 0 Å². The molecule has 0 N–H and O–H groups in total. The van der Waals surface area contributed by atoms with E-state index in [0.717, 1.165) is 10.4 Å². The van der Waals surface area contributed by atoms with Crippen molar-refractivity contribution in [2.75, 3.05) is 13.2 Å². The van der Waals surface area contributed by atoms with E-state index in [4.69, 9.17) is 9.47 Å². The van der Waals surface area contributed by atoms with Crippen LogP contribution in [0.2, 0.25) is 0 Å². The molecule has 1 aromatic heterocycles. The van der Waals surface area contributed by atoms with Crippen molar-refractivity contribution in [1.29, 1.82) is 0 Å². The van der Waals surface area contributed by atoms with E-state index < -0.39 is 0 Å². The Kier molecular flexibility index (Phi) is 2.80. The Morgan fingerprint density at radius 3 is 2.67 bits per heavy atom. The van der Waals surface area contributed by atoms with Gasteiger partial charge >= 0.3 is 0 Å². The number of benzene rings is 1. The molecule has 1 aliphatic heterocycles. The summed E-state index contributed by atoms with van der Waals surface area (Å²) >= 11 is 1.58. The largest absolute Gasteiger partial charge is 0.486 e. The van der Waals surface area contributed by atoms with Gasteiger partial charge in [-0.2, -0.15) is 0 Å². The summed E-state index contributed by atoms with van der Waals surface area (Å²) in [5.41, 5.74) is 1.40. The first-order chi connectivity index (χ1) is 8.75. The molecule has 0 unspecified atom stereocenters. The summed E-state index contributed by atoms with van der Waals surface area (Å²) in [5.74, 6) is 1.39. The highest BCUT2D eigenvalue weighted by molar-refractivity contribution is 7.10. The fraction of sp³-hybridized carbons (Fsp3) is 0.214. The number of aryl methyl sites for hydroxylation is 1. The maximum absolute atomic E-state index is 12.3. The Hall–Kier alpha value is -1.81. The maximum atomic E-state index is 12.3. The van der Waals surface area contributed by atoms with Crippen molar-refractivity contribution >= 4 is 17.1 Å². The van der Waals surface area contributed by atoms with Crippen LogP contribution in [0.4, 0.5) is 0 Å². The number of thiophene rings is 1. The molecule has 18 heavy (non-hydrogen) atoms. The maximum Gasteiger partial charge on any atom is 0.194 e. The fourth-order valence-corrected chi connectivity index (χ4v) is 2.66. The lowest BCUT2D eigenvalue weighted by molar-refractivity contribution is 0.103. The summed E-state index contributed by atoms with van der Waals surface area (Å²) in [4.78, 5) is 13.4. The molecular weight excluding hydrogens is 248 g/mol. The molecular formula is C14H12O3S. The van der Waals surface area contributed by atoms with Crippen LogP contribution in [0.1, 0.15) is 20.8 Å². The topological polar surface area (TPSA) is 35.5 Å². The quantitative estimate of drug-likeness (QED) is 0.778. The SMILES string of the molecule is Cc1sccc1C(=O)c1ccc2c(c1)OCCO2. The van der Waals surface area contributed by atoms with Crippen LogP contribution in [0.3, 0.4) is 0 Å². The Balaban J connectivity index is 1.98. The van der Waals surface area contributed by atoms with E-state index in [1.54, 1.807) is 29.5 Å². The summed E-state index contributed by atoms with van der Waals surface area (Å²) in [7, 11) is 0. The van der Waals surface area contributed by atoms with Gasteiger partial charge in [-0.15, -0.1) is 11.3 Å². The minimum Gasteiger partial charge on any atom is -0.486 e. The molecule has 4 heteroatoms. The summed E-state index contributed by atoms with van der Waals surface area (Å²) in [6.45, 7) is 3.04. The average Bonchev–Trinajstić information content (AvgIpc) is 2.83. The highest BCUT2D eigenvalue weighted by Gasteiger charge is 2.17. The zero-order valence-corrected chi connectivity index (χ0v) is 10.8. The smallest absolute Gasteiger partial charge is 0.194 e. The molecule has 0 amide bonds. The van der Waals surface area contributed by atoms with Gasteiger partial charge in [-0.1, -0.05) is 0 Å². The second-order valence-corrected chi connectivity index (χ2v) is 5.20. The van der Waals surface area contributed by atoms with Crippen LogP contribution in [0, 0.1) is 6.92 Å². The van der Waals surface area contributed by atoms with Crippen molar-refractivity contribution in [3.05, 3.63) is 45.6 Å². The van der Waals surface area contributed by atoms with Crippen LogP contribution >= 0.6 is 11.3 Å². The lowest BCUT2D eigenvalue weighted by Gasteiger charge is -2.18. The van der Waals surface area contributed by atoms with Crippen molar-refractivity contribution in [2.24, 2.45) is 0 Å². The molecule has 0 fully saturated rings. The number of carbonyl (C=O) groups is 1. The second kappa shape index (κ2) is 4.46. The minimum absolute atomic E-state index is 0.0331. The molecule has 0 saturated heterocycles. The summed E-state index contributed by atoms with van der Waals surface area (Å²) in [6, 6.07) is 7.20. The highest BCUT2D eigenvalue weighted by Crippen LogP contribution is 2.32. The average molecular weight is 260 g/mol. The third kappa shape index (κ3) is 1.88. The first-order valence-electron chi connectivity index (χ1n) is 5.74. The number of ketones is 1. The van der Waals surface area contributed by atoms with Crippen molar-refractivity contribution in [3.8, 4) is 11.5 Å². The van der Waals surface area contributed by atoms with Gasteiger partial charge in [0.05, 0.1) is 0 Å². The molecule has 3 rings (SSSR count). The van der Waals surface area contributed by atoms with Crippen LogP contribution in [0.5, 0.6) is 11.5 Å². The predicted octanol–water partition coefficient (Wildman–Crippen LogP) is 3.06. The molecule has 1 aliphatic rings. The third-order valence-electron chi connectivity index (χ3n) is 2.91. The van der Waals surface area contributed by atoms with Crippen molar-refractivity contribution in [1.82, 2.24) is 0 Å². The molecule has 0 bridgehead atoms. The lowest BCUT2D eigenvalue weighted by atomic mass is 10.0. The molecule has 0 spiro atoms. The van der Waals surface area contributed by atoms with Gasteiger partial charge in [-0.3, -0.25) is 4.79 Å². The molecule has 3 nitrogen and oxygen atoms in total. The summed E-state index contributed by atoms with van der Waals surface area (Å²) in [5, 5.41) is 1.93. The monoisotopic (exact) mass is 260 g/mol. The Morgan fingerprint density at radius 1 is 1.17 bits per heavy atom. The van der Waals surface area contributed by atoms with Crippen LogP contribution in [-0.2, 0) is 0 Å². The van der Waals surface area contributed by atoms with Gasteiger partial charge < -0.3 is 9.47 Å². The lowest BCUT2D eigenvalue weighted by Crippen LogP contribution is -2.15.